The zero-order valence-electron chi connectivity index (χ0n) is 14.5. The molecule has 4 rings (SSSR count). The van der Waals surface area contributed by atoms with Gasteiger partial charge < -0.3 is 10.2 Å². The van der Waals surface area contributed by atoms with E-state index in [0.29, 0.717) is 17.6 Å². The van der Waals surface area contributed by atoms with E-state index < -0.39 is 0 Å². The second-order valence-corrected chi connectivity index (χ2v) is 8.48. The summed E-state index contributed by atoms with van der Waals surface area (Å²) in [7, 11) is 0. The topological polar surface area (TPSA) is 40.5 Å². The average molecular weight is 314 g/mol. The Morgan fingerprint density at radius 1 is 1.17 bits per heavy atom. The van der Waals surface area contributed by atoms with Crippen LogP contribution in [0.3, 0.4) is 0 Å². The van der Waals surface area contributed by atoms with E-state index in [9.17, 15) is 10.2 Å². The highest BCUT2D eigenvalue weighted by Crippen LogP contribution is 2.61. The molecular weight excluding hydrogens is 284 g/mol. The fourth-order valence-electron chi connectivity index (χ4n) is 6.10. The summed E-state index contributed by atoms with van der Waals surface area (Å²) in [6.07, 6.45) is 8.84. The maximum atomic E-state index is 10.5. The van der Waals surface area contributed by atoms with Gasteiger partial charge in [-0.05, 0) is 90.9 Å². The molecule has 0 heterocycles. The number of aliphatic hydroxyl groups is 1. The quantitative estimate of drug-likeness (QED) is 0.840. The number of hydrogen-bond donors (Lipinski definition) is 2. The van der Waals surface area contributed by atoms with Gasteiger partial charge in [-0.15, -0.1) is 0 Å². The molecule has 0 saturated heterocycles. The molecule has 3 aliphatic carbocycles. The van der Waals surface area contributed by atoms with Gasteiger partial charge in [0.25, 0.3) is 0 Å². The molecule has 3 aliphatic rings. The molecule has 126 valence electrons. The van der Waals surface area contributed by atoms with E-state index in [0.717, 1.165) is 43.6 Å². The number of hydrogen-bond acceptors (Lipinski definition) is 2. The summed E-state index contributed by atoms with van der Waals surface area (Å²) in [4.78, 5) is 0. The van der Waals surface area contributed by atoms with Crippen LogP contribution in [0, 0.1) is 17.3 Å². The smallest absolute Gasteiger partial charge is 0.119 e. The molecule has 23 heavy (non-hydrogen) atoms. The van der Waals surface area contributed by atoms with Crippen molar-refractivity contribution in [1.82, 2.24) is 0 Å². The summed E-state index contributed by atoms with van der Waals surface area (Å²) in [5.74, 6) is 2.57. The van der Waals surface area contributed by atoms with Crippen molar-refractivity contribution in [3.8, 4) is 5.75 Å². The van der Waals surface area contributed by atoms with E-state index in [1.165, 1.54) is 30.4 Å². The predicted octanol–water partition coefficient (Wildman–Crippen LogP) is 4.56. The fourth-order valence-corrected chi connectivity index (χ4v) is 6.10. The van der Waals surface area contributed by atoms with E-state index in [-0.39, 0.29) is 11.5 Å². The minimum Gasteiger partial charge on any atom is -0.508 e. The molecule has 1 aromatic rings. The molecule has 2 N–H and O–H groups in total. The molecule has 0 spiro atoms. The lowest BCUT2D eigenvalue weighted by Gasteiger charge is -2.50. The van der Waals surface area contributed by atoms with Gasteiger partial charge in [0, 0.05) is 0 Å². The van der Waals surface area contributed by atoms with Crippen LogP contribution in [-0.4, -0.2) is 16.3 Å². The molecule has 0 radical (unpaired) electrons. The molecule has 0 aliphatic heterocycles. The Morgan fingerprint density at radius 3 is 2.78 bits per heavy atom. The largest absolute Gasteiger partial charge is 0.508 e. The van der Waals surface area contributed by atoms with Gasteiger partial charge in [-0.3, -0.25) is 0 Å². The summed E-state index contributed by atoms with van der Waals surface area (Å²) in [5, 5.41) is 20.8. The highest BCUT2D eigenvalue weighted by molar-refractivity contribution is 5.45. The van der Waals surface area contributed by atoms with Crippen LogP contribution in [0.5, 0.6) is 5.75 Å². The Balaban J connectivity index is 1.70. The van der Waals surface area contributed by atoms with Crippen LogP contribution in [-0.2, 0) is 12.8 Å². The van der Waals surface area contributed by atoms with Gasteiger partial charge in [-0.1, -0.05) is 26.3 Å². The van der Waals surface area contributed by atoms with Gasteiger partial charge in [-0.2, -0.15) is 0 Å². The third-order valence-electron chi connectivity index (χ3n) is 7.39. The highest BCUT2D eigenvalue weighted by Gasteiger charge is 2.54. The van der Waals surface area contributed by atoms with Gasteiger partial charge in [-0.25, -0.2) is 0 Å². The van der Waals surface area contributed by atoms with Crippen LogP contribution in [0.15, 0.2) is 12.1 Å². The molecule has 2 heteroatoms. The Kier molecular flexibility index (Phi) is 3.72. The SMILES string of the molecule is CCCc1cc2c(cc1O)CCC1C2CCC2(C)C(O)CCC12. The minimum atomic E-state index is -0.0923. The summed E-state index contributed by atoms with van der Waals surface area (Å²) in [6.45, 7) is 4.51. The van der Waals surface area contributed by atoms with E-state index in [1.54, 1.807) is 0 Å². The number of aryl methyl sites for hydroxylation is 2. The van der Waals surface area contributed by atoms with Gasteiger partial charge in [0.1, 0.15) is 5.75 Å². The normalized spacial score (nSPS) is 38.7. The third-order valence-corrected chi connectivity index (χ3v) is 7.39. The molecule has 5 atom stereocenters. The lowest BCUT2D eigenvalue weighted by atomic mass is 9.55. The van der Waals surface area contributed by atoms with E-state index in [4.69, 9.17) is 0 Å². The van der Waals surface area contributed by atoms with Crippen molar-refractivity contribution < 1.29 is 10.2 Å². The Hall–Kier alpha value is -1.02. The molecule has 0 bridgehead atoms. The van der Waals surface area contributed by atoms with E-state index in [1.807, 2.05) is 6.07 Å². The molecule has 0 aromatic heterocycles. The maximum Gasteiger partial charge on any atom is 0.119 e. The van der Waals surface area contributed by atoms with Crippen LogP contribution in [0.25, 0.3) is 0 Å². The van der Waals surface area contributed by atoms with E-state index >= 15 is 0 Å². The third kappa shape index (κ3) is 2.25. The average Bonchev–Trinajstić information content (AvgIpc) is 2.84. The second kappa shape index (κ2) is 5.51. The molecule has 5 unspecified atom stereocenters. The molecule has 2 nitrogen and oxygen atoms in total. The molecule has 2 saturated carbocycles. The van der Waals surface area contributed by atoms with Crippen molar-refractivity contribution in [1.29, 1.82) is 0 Å². The summed E-state index contributed by atoms with van der Waals surface area (Å²) in [6, 6.07) is 4.37. The molecule has 0 amide bonds. The lowest BCUT2D eigenvalue weighted by molar-refractivity contribution is -0.0226. The fraction of sp³-hybridized carbons (Fsp3) is 0.714. The van der Waals surface area contributed by atoms with Crippen molar-refractivity contribution in [2.45, 2.75) is 77.2 Å². The first kappa shape index (κ1) is 15.5. The number of fused-ring (bicyclic) bond motifs is 5. The van der Waals surface area contributed by atoms with Crippen molar-refractivity contribution in [2.75, 3.05) is 0 Å². The molecule has 1 aromatic carbocycles. The van der Waals surface area contributed by atoms with Crippen molar-refractivity contribution in [2.24, 2.45) is 17.3 Å². The summed E-state index contributed by atoms with van der Waals surface area (Å²) in [5.41, 5.74) is 4.19. The second-order valence-electron chi connectivity index (χ2n) is 8.48. The number of rotatable bonds is 2. The van der Waals surface area contributed by atoms with Crippen LogP contribution in [0.2, 0.25) is 0 Å². The maximum absolute atomic E-state index is 10.5. The van der Waals surface area contributed by atoms with Crippen LogP contribution in [0.1, 0.15) is 75.0 Å². The van der Waals surface area contributed by atoms with E-state index in [2.05, 4.69) is 19.9 Å². The first-order valence-electron chi connectivity index (χ1n) is 9.57. The number of aromatic hydroxyl groups is 1. The van der Waals surface area contributed by atoms with Gasteiger partial charge >= 0.3 is 0 Å². The standard InChI is InChI=1S/C21H30O2/c1-3-4-14-11-17-13(12-19(14)22)5-6-16-15(17)9-10-21(2)18(16)7-8-20(21)23/h11-12,15-16,18,20,22-23H,3-10H2,1-2H3. The zero-order valence-corrected chi connectivity index (χ0v) is 14.5. The summed E-state index contributed by atoms with van der Waals surface area (Å²) < 4.78 is 0. The van der Waals surface area contributed by atoms with Gasteiger partial charge in [0.2, 0.25) is 0 Å². The first-order chi connectivity index (χ1) is 11.0. The van der Waals surface area contributed by atoms with Gasteiger partial charge in [0.15, 0.2) is 0 Å². The number of benzene rings is 1. The number of phenolic OH excluding ortho intramolecular Hbond substituents is 1. The van der Waals surface area contributed by atoms with Gasteiger partial charge in [0.05, 0.1) is 6.10 Å². The predicted molar refractivity (Wildman–Crippen MR) is 92.7 cm³/mol. The number of phenols is 1. The Bertz CT molecular complexity index is 608. The van der Waals surface area contributed by atoms with Crippen molar-refractivity contribution in [3.63, 3.8) is 0 Å². The zero-order chi connectivity index (χ0) is 16.2. The lowest BCUT2D eigenvalue weighted by Crippen LogP contribution is -2.43. The molecular formula is C21H30O2. The first-order valence-corrected chi connectivity index (χ1v) is 9.57. The van der Waals surface area contributed by atoms with Crippen LogP contribution < -0.4 is 0 Å². The van der Waals surface area contributed by atoms with Crippen molar-refractivity contribution in [3.05, 3.63) is 28.8 Å². The van der Waals surface area contributed by atoms with Crippen molar-refractivity contribution >= 4 is 0 Å². The highest BCUT2D eigenvalue weighted by atomic mass is 16.3. The Labute approximate surface area is 139 Å². The molecule has 2 fully saturated rings. The Morgan fingerprint density at radius 2 is 2.00 bits per heavy atom. The monoisotopic (exact) mass is 314 g/mol. The summed E-state index contributed by atoms with van der Waals surface area (Å²) >= 11 is 0. The van der Waals surface area contributed by atoms with Crippen LogP contribution in [0.4, 0.5) is 0 Å². The minimum absolute atomic E-state index is 0.0923. The number of aliphatic hydroxyl groups excluding tert-OH is 1. The van der Waals surface area contributed by atoms with Crippen LogP contribution >= 0.6 is 0 Å².